The number of anilines is 1. The number of carbonyl (C=O) groups excluding carboxylic acids is 1. The standard InChI is InChI=1S/C21H25N3O2S/c1-15-12-16(2)20-18(13-15)27-21(22-20)24(11-10-23(3)4)19(25)14-26-17-8-6-5-7-9-17/h5-9,12-13H,10-11,14H2,1-4H3/p+1. The van der Waals surface area contributed by atoms with E-state index in [1.165, 1.54) is 10.5 Å². The van der Waals surface area contributed by atoms with Crippen LogP contribution in [0.2, 0.25) is 0 Å². The molecule has 0 atom stereocenters. The fourth-order valence-electron chi connectivity index (χ4n) is 2.88. The van der Waals surface area contributed by atoms with Crippen LogP contribution in [0.4, 0.5) is 5.13 Å². The zero-order chi connectivity index (χ0) is 19.4. The van der Waals surface area contributed by atoms with Crippen molar-refractivity contribution in [3.05, 3.63) is 53.6 Å². The van der Waals surface area contributed by atoms with E-state index in [2.05, 4.69) is 40.1 Å². The lowest BCUT2D eigenvalue weighted by atomic mass is 10.1. The van der Waals surface area contributed by atoms with E-state index in [0.29, 0.717) is 12.3 Å². The van der Waals surface area contributed by atoms with Gasteiger partial charge in [0.05, 0.1) is 37.4 Å². The molecule has 142 valence electrons. The van der Waals surface area contributed by atoms with Gasteiger partial charge in [0.15, 0.2) is 11.7 Å². The van der Waals surface area contributed by atoms with Crippen LogP contribution < -0.4 is 14.5 Å². The molecule has 0 radical (unpaired) electrons. The summed E-state index contributed by atoms with van der Waals surface area (Å²) >= 11 is 1.56. The summed E-state index contributed by atoms with van der Waals surface area (Å²) in [5, 5.41) is 0.738. The molecule has 0 aliphatic rings. The van der Waals surface area contributed by atoms with Crippen molar-refractivity contribution in [3.63, 3.8) is 0 Å². The molecule has 0 saturated carbocycles. The summed E-state index contributed by atoms with van der Waals surface area (Å²) in [5.74, 6) is 0.619. The third-order valence-corrected chi connectivity index (χ3v) is 5.32. The monoisotopic (exact) mass is 384 g/mol. The molecule has 1 aromatic heterocycles. The molecule has 6 heteroatoms. The fourth-order valence-corrected chi connectivity index (χ4v) is 4.06. The fraction of sp³-hybridized carbons (Fsp3) is 0.333. The van der Waals surface area contributed by atoms with E-state index in [4.69, 9.17) is 9.72 Å². The van der Waals surface area contributed by atoms with Crippen molar-refractivity contribution in [2.45, 2.75) is 13.8 Å². The van der Waals surface area contributed by atoms with Gasteiger partial charge in [0, 0.05) is 0 Å². The SMILES string of the molecule is Cc1cc(C)c2nc(N(CC[NH+](C)C)C(=O)COc3ccccc3)sc2c1. The molecule has 0 bridgehead atoms. The van der Waals surface area contributed by atoms with E-state index >= 15 is 0 Å². The first kappa shape index (κ1) is 19.3. The first-order valence-corrected chi connectivity index (χ1v) is 9.90. The topological polar surface area (TPSA) is 46.9 Å². The van der Waals surface area contributed by atoms with Crippen LogP contribution in [-0.2, 0) is 4.79 Å². The second kappa shape index (κ2) is 8.50. The van der Waals surface area contributed by atoms with E-state index in [9.17, 15) is 4.79 Å². The number of nitrogens with one attached hydrogen (secondary N) is 1. The summed E-state index contributed by atoms with van der Waals surface area (Å²) in [4.78, 5) is 20.7. The number of aromatic nitrogens is 1. The number of amides is 1. The van der Waals surface area contributed by atoms with E-state index < -0.39 is 0 Å². The Hall–Kier alpha value is -2.44. The Balaban J connectivity index is 1.84. The van der Waals surface area contributed by atoms with Gasteiger partial charge in [-0.2, -0.15) is 0 Å². The molecule has 3 rings (SSSR count). The number of para-hydroxylation sites is 1. The van der Waals surface area contributed by atoms with Crippen LogP contribution in [0, 0.1) is 13.8 Å². The summed E-state index contributed by atoms with van der Waals surface area (Å²) in [6.45, 7) is 5.59. The van der Waals surface area contributed by atoms with Gasteiger partial charge in [-0.1, -0.05) is 35.6 Å². The Morgan fingerprint density at radius 3 is 2.63 bits per heavy atom. The second-order valence-corrected chi connectivity index (χ2v) is 8.04. The van der Waals surface area contributed by atoms with Gasteiger partial charge in [-0.25, -0.2) is 4.98 Å². The van der Waals surface area contributed by atoms with Crippen LogP contribution in [0.5, 0.6) is 5.75 Å². The lowest BCUT2D eigenvalue weighted by Gasteiger charge is -2.20. The average Bonchev–Trinajstić information content (AvgIpc) is 3.04. The van der Waals surface area contributed by atoms with Crippen molar-refractivity contribution >= 4 is 32.6 Å². The molecule has 0 fully saturated rings. The maximum atomic E-state index is 12.9. The first-order valence-electron chi connectivity index (χ1n) is 9.09. The van der Waals surface area contributed by atoms with Crippen molar-refractivity contribution in [2.75, 3.05) is 38.7 Å². The summed E-state index contributed by atoms with van der Waals surface area (Å²) in [7, 11) is 4.16. The summed E-state index contributed by atoms with van der Waals surface area (Å²) in [6, 6.07) is 13.7. The normalized spacial score (nSPS) is 11.1. The number of likely N-dealkylation sites (N-methyl/N-ethyl adjacent to an activating group) is 1. The molecule has 2 aromatic carbocycles. The number of rotatable bonds is 7. The van der Waals surface area contributed by atoms with Crippen molar-refractivity contribution < 1.29 is 14.4 Å². The van der Waals surface area contributed by atoms with E-state index in [-0.39, 0.29) is 12.5 Å². The number of ether oxygens (including phenoxy) is 1. The molecular formula is C21H26N3O2S+. The number of quaternary nitrogens is 1. The summed E-state index contributed by atoms with van der Waals surface area (Å²) in [6.07, 6.45) is 0. The van der Waals surface area contributed by atoms with E-state index in [1.54, 1.807) is 16.2 Å². The molecule has 1 N–H and O–H groups in total. The molecule has 1 amide bonds. The third kappa shape index (κ3) is 4.84. The highest BCUT2D eigenvalue weighted by Gasteiger charge is 2.22. The minimum Gasteiger partial charge on any atom is -0.484 e. The average molecular weight is 385 g/mol. The molecule has 0 aliphatic heterocycles. The summed E-state index contributed by atoms with van der Waals surface area (Å²) < 4.78 is 6.79. The van der Waals surface area contributed by atoms with Gasteiger partial charge in [0.2, 0.25) is 0 Å². The van der Waals surface area contributed by atoms with Crippen molar-refractivity contribution in [2.24, 2.45) is 0 Å². The highest BCUT2D eigenvalue weighted by atomic mass is 32.1. The second-order valence-electron chi connectivity index (χ2n) is 7.03. The zero-order valence-corrected chi connectivity index (χ0v) is 17.1. The predicted octanol–water partition coefficient (Wildman–Crippen LogP) is 2.47. The van der Waals surface area contributed by atoms with E-state index in [0.717, 1.165) is 27.5 Å². The Morgan fingerprint density at radius 2 is 1.93 bits per heavy atom. The van der Waals surface area contributed by atoms with Crippen molar-refractivity contribution in [1.29, 1.82) is 0 Å². The number of thiazole rings is 1. The maximum Gasteiger partial charge on any atom is 0.266 e. The number of nitrogens with zero attached hydrogens (tertiary/aromatic N) is 2. The van der Waals surface area contributed by atoms with E-state index in [1.807, 2.05) is 30.3 Å². The van der Waals surface area contributed by atoms with Crippen LogP contribution >= 0.6 is 11.3 Å². The molecule has 27 heavy (non-hydrogen) atoms. The number of carbonyl (C=O) groups is 1. The smallest absolute Gasteiger partial charge is 0.266 e. The minimum absolute atomic E-state index is 0.000705. The van der Waals surface area contributed by atoms with Gasteiger partial charge in [0.1, 0.15) is 5.75 Å². The minimum atomic E-state index is -0.0754. The van der Waals surface area contributed by atoms with Crippen LogP contribution in [0.3, 0.4) is 0 Å². The zero-order valence-electron chi connectivity index (χ0n) is 16.3. The molecule has 0 aliphatic carbocycles. The largest absolute Gasteiger partial charge is 0.484 e. The lowest BCUT2D eigenvalue weighted by molar-refractivity contribution is -0.856. The Kier molecular flexibility index (Phi) is 6.08. The van der Waals surface area contributed by atoms with Gasteiger partial charge in [-0.3, -0.25) is 9.69 Å². The van der Waals surface area contributed by atoms with Gasteiger partial charge in [0.25, 0.3) is 5.91 Å². The molecule has 1 heterocycles. The van der Waals surface area contributed by atoms with Gasteiger partial charge >= 0.3 is 0 Å². The Bertz CT molecular complexity index is 922. The van der Waals surface area contributed by atoms with Gasteiger partial charge in [-0.05, 0) is 43.2 Å². The van der Waals surface area contributed by atoms with Crippen LogP contribution in [0.1, 0.15) is 11.1 Å². The van der Waals surface area contributed by atoms with Gasteiger partial charge < -0.3 is 9.64 Å². The maximum absolute atomic E-state index is 12.9. The molecule has 3 aromatic rings. The predicted molar refractivity (Wildman–Crippen MR) is 111 cm³/mol. The molecule has 5 nitrogen and oxygen atoms in total. The highest BCUT2D eigenvalue weighted by molar-refractivity contribution is 7.22. The summed E-state index contributed by atoms with van der Waals surface area (Å²) in [5.41, 5.74) is 3.32. The number of aryl methyl sites for hydroxylation is 2. The van der Waals surface area contributed by atoms with Crippen molar-refractivity contribution in [3.8, 4) is 5.75 Å². The molecule has 0 saturated heterocycles. The lowest BCUT2D eigenvalue weighted by Crippen LogP contribution is -3.06. The number of benzene rings is 2. The number of fused-ring (bicyclic) bond motifs is 1. The van der Waals surface area contributed by atoms with Crippen molar-refractivity contribution in [1.82, 2.24) is 4.98 Å². The number of hydrogen-bond donors (Lipinski definition) is 1. The Labute approximate surface area is 164 Å². The van der Waals surface area contributed by atoms with Crippen LogP contribution in [0.15, 0.2) is 42.5 Å². The first-order chi connectivity index (χ1) is 12.9. The molecule has 0 unspecified atom stereocenters. The van der Waals surface area contributed by atoms with Crippen LogP contribution in [0.25, 0.3) is 10.2 Å². The Morgan fingerprint density at radius 1 is 1.19 bits per heavy atom. The highest BCUT2D eigenvalue weighted by Crippen LogP contribution is 2.31. The quantitative estimate of drug-likeness (QED) is 0.681. The third-order valence-electron chi connectivity index (χ3n) is 4.29. The number of hydrogen-bond acceptors (Lipinski definition) is 4. The molecular weight excluding hydrogens is 358 g/mol. The van der Waals surface area contributed by atoms with Gasteiger partial charge in [-0.15, -0.1) is 0 Å². The van der Waals surface area contributed by atoms with Crippen LogP contribution in [-0.4, -0.2) is 44.7 Å². The molecule has 0 spiro atoms.